The smallest absolute Gasteiger partial charge is 0.293 e. The van der Waals surface area contributed by atoms with Crippen molar-refractivity contribution >= 4 is 12.3 Å². The minimum Gasteiger partial charge on any atom is -0.462 e. The van der Waals surface area contributed by atoms with E-state index in [1.807, 2.05) is 32.9 Å². The van der Waals surface area contributed by atoms with Crippen LogP contribution in [0.4, 0.5) is 0 Å². The Kier molecular flexibility index (Phi) is 7.15. The predicted octanol–water partition coefficient (Wildman–Crippen LogP) is 3.88. The first-order chi connectivity index (χ1) is 11.0. The Balaban J connectivity index is 0.000000351. The summed E-state index contributed by atoms with van der Waals surface area (Å²) in [6, 6.07) is 8.10. The summed E-state index contributed by atoms with van der Waals surface area (Å²) in [5, 5.41) is 3.25. The fourth-order valence-electron chi connectivity index (χ4n) is 2.39. The first-order valence-corrected chi connectivity index (χ1v) is 8.54. The van der Waals surface area contributed by atoms with Crippen molar-refractivity contribution in [3.8, 4) is 0 Å². The maximum atomic E-state index is 12.1. The van der Waals surface area contributed by atoms with Gasteiger partial charge in [0.25, 0.3) is 6.47 Å². The molecule has 1 aliphatic heterocycles. The van der Waals surface area contributed by atoms with Gasteiger partial charge in [-0.25, -0.2) is 0 Å². The number of hydrogen-bond acceptors (Lipinski definition) is 4. The van der Waals surface area contributed by atoms with E-state index in [2.05, 4.69) is 43.0 Å². The van der Waals surface area contributed by atoms with E-state index < -0.39 is 0 Å². The van der Waals surface area contributed by atoms with Gasteiger partial charge < -0.3 is 10.1 Å². The van der Waals surface area contributed by atoms with Crippen LogP contribution in [-0.4, -0.2) is 30.4 Å². The molecule has 0 saturated carbocycles. The molecule has 0 aromatic heterocycles. The quantitative estimate of drug-likeness (QED) is 0.674. The zero-order chi connectivity index (χ0) is 18.4. The fourth-order valence-corrected chi connectivity index (χ4v) is 2.39. The second-order valence-corrected chi connectivity index (χ2v) is 8.17. The van der Waals surface area contributed by atoms with Gasteiger partial charge in [0.2, 0.25) is 0 Å². The van der Waals surface area contributed by atoms with Crippen LogP contribution in [0.2, 0.25) is 0 Å². The third-order valence-electron chi connectivity index (χ3n) is 3.81. The highest BCUT2D eigenvalue weighted by Gasteiger charge is 2.23. The largest absolute Gasteiger partial charge is 0.462 e. The minimum absolute atomic E-state index is 0.0375. The van der Waals surface area contributed by atoms with E-state index in [9.17, 15) is 9.59 Å². The van der Waals surface area contributed by atoms with Gasteiger partial charge in [0.1, 0.15) is 5.60 Å². The van der Waals surface area contributed by atoms with Crippen LogP contribution < -0.4 is 5.32 Å². The molecule has 1 aromatic rings. The van der Waals surface area contributed by atoms with E-state index in [0.29, 0.717) is 6.47 Å². The lowest BCUT2D eigenvalue weighted by Crippen LogP contribution is -2.30. The lowest BCUT2D eigenvalue weighted by Gasteiger charge is -2.19. The van der Waals surface area contributed by atoms with E-state index in [1.165, 1.54) is 5.56 Å². The van der Waals surface area contributed by atoms with Crippen molar-refractivity contribution in [1.82, 2.24) is 5.32 Å². The lowest BCUT2D eigenvalue weighted by molar-refractivity contribution is -0.138. The molecule has 134 valence electrons. The van der Waals surface area contributed by atoms with Crippen molar-refractivity contribution < 1.29 is 14.3 Å². The van der Waals surface area contributed by atoms with E-state index in [0.717, 1.165) is 24.9 Å². The van der Waals surface area contributed by atoms with Crippen molar-refractivity contribution in [1.29, 1.82) is 0 Å². The molecule has 0 unspecified atom stereocenters. The second-order valence-electron chi connectivity index (χ2n) is 8.17. The van der Waals surface area contributed by atoms with Crippen LogP contribution in [0.25, 0.3) is 0 Å². The molecule has 1 aromatic carbocycles. The third kappa shape index (κ3) is 6.83. The predicted molar refractivity (Wildman–Crippen MR) is 97.4 cm³/mol. The average Bonchev–Trinajstić information content (AvgIpc) is 2.99. The van der Waals surface area contributed by atoms with Crippen molar-refractivity contribution in [3.05, 3.63) is 35.4 Å². The Morgan fingerprint density at radius 2 is 1.71 bits per heavy atom. The summed E-state index contributed by atoms with van der Waals surface area (Å²) < 4.78 is 4.55. The lowest BCUT2D eigenvalue weighted by atomic mass is 9.86. The van der Waals surface area contributed by atoms with E-state index in [1.54, 1.807) is 0 Å². The molecular weight excluding hydrogens is 302 g/mol. The van der Waals surface area contributed by atoms with Crippen LogP contribution in [0, 0.1) is 0 Å². The molecule has 1 saturated heterocycles. The molecule has 0 amide bonds. The number of carbonyl (C=O) groups excluding carboxylic acids is 2. The van der Waals surface area contributed by atoms with Crippen LogP contribution in [0.3, 0.4) is 0 Å². The molecule has 0 radical (unpaired) electrons. The monoisotopic (exact) mass is 333 g/mol. The first kappa shape index (κ1) is 20.4. The average molecular weight is 333 g/mol. The van der Waals surface area contributed by atoms with Gasteiger partial charge in [-0.2, -0.15) is 0 Å². The van der Waals surface area contributed by atoms with Gasteiger partial charge in [-0.15, -0.1) is 0 Å². The Bertz CT molecular complexity index is 529. The van der Waals surface area contributed by atoms with Gasteiger partial charge in [0.15, 0.2) is 5.78 Å². The molecule has 1 aliphatic rings. The molecule has 0 aliphatic carbocycles. The minimum atomic E-state index is -0.318. The summed E-state index contributed by atoms with van der Waals surface area (Å²) in [6.45, 7) is 13.4. The number of ether oxygens (including phenoxy) is 1. The second kappa shape index (κ2) is 8.43. The highest BCUT2D eigenvalue weighted by atomic mass is 16.5. The number of benzene rings is 1. The Morgan fingerprint density at radius 1 is 1.12 bits per heavy atom. The van der Waals surface area contributed by atoms with Gasteiger partial charge in [0.05, 0.1) is 6.04 Å². The number of carbonyl (C=O) groups is 2. The molecule has 1 heterocycles. The molecule has 1 fully saturated rings. The van der Waals surface area contributed by atoms with Gasteiger partial charge >= 0.3 is 0 Å². The SMILES string of the molecule is CC(C)(C)OC=O.CC(C)(C)c1ccc(C(=O)[C@H]2CCCN2)cc1. The van der Waals surface area contributed by atoms with Crippen molar-refractivity contribution in [2.75, 3.05) is 6.54 Å². The number of nitrogens with one attached hydrogen (secondary N) is 1. The first-order valence-electron chi connectivity index (χ1n) is 8.54. The Morgan fingerprint density at radius 3 is 2.04 bits per heavy atom. The number of rotatable bonds is 3. The van der Waals surface area contributed by atoms with E-state index in [-0.39, 0.29) is 22.8 Å². The van der Waals surface area contributed by atoms with Crippen molar-refractivity contribution in [2.24, 2.45) is 0 Å². The summed E-state index contributed by atoms with van der Waals surface area (Å²) in [5.74, 6) is 0.239. The molecule has 24 heavy (non-hydrogen) atoms. The highest BCUT2D eigenvalue weighted by Crippen LogP contribution is 2.23. The zero-order valence-electron chi connectivity index (χ0n) is 15.8. The van der Waals surface area contributed by atoms with E-state index >= 15 is 0 Å². The van der Waals surface area contributed by atoms with Crippen LogP contribution >= 0.6 is 0 Å². The Hall–Kier alpha value is -1.68. The molecule has 4 heteroatoms. The molecule has 0 spiro atoms. The van der Waals surface area contributed by atoms with Crippen LogP contribution in [0.5, 0.6) is 0 Å². The molecule has 4 nitrogen and oxygen atoms in total. The van der Waals surface area contributed by atoms with Gasteiger partial charge in [-0.3, -0.25) is 9.59 Å². The summed E-state index contributed by atoms with van der Waals surface area (Å²) in [4.78, 5) is 21.7. The van der Waals surface area contributed by atoms with Crippen molar-refractivity contribution in [2.45, 2.75) is 71.4 Å². The summed E-state index contributed by atoms with van der Waals surface area (Å²) in [5.41, 5.74) is 1.93. The molecule has 0 bridgehead atoms. The normalized spacial score (nSPS) is 17.7. The van der Waals surface area contributed by atoms with Gasteiger partial charge in [-0.1, -0.05) is 45.0 Å². The fraction of sp³-hybridized carbons (Fsp3) is 0.600. The summed E-state index contributed by atoms with van der Waals surface area (Å²) >= 11 is 0. The highest BCUT2D eigenvalue weighted by molar-refractivity contribution is 6.00. The maximum absolute atomic E-state index is 12.1. The van der Waals surface area contributed by atoms with Gasteiger partial charge in [0, 0.05) is 5.56 Å². The topological polar surface area (TPSA) is 55.4 Å². The summed E-state index contributed by atoms with van der Waals surface area (Å²) in [7, 11) is 0. The Labute approximate surface area is 146 Å². The maximum Gasteiger partial charge on any atom is 0.293 e. The van der Waals surface area contributed by atoms with Crippen LogP contribution in [0.15, 0.2) is 24.3 Å². The number of Topliss-reactive ketones (excluding diaryl/α,β-unsaturated/α-hetero) is 1. The van der Waals surface area contributed by atoms with Crippen LogP contribution in [0.1, 0.15) is 70.3 Å². The third-order valence-corrected chi connectivity index (χ3v) is 3.81. The molecular formula is C20H31NO3. The number of hydrogen-bond donors (Lipinski definition) is 1. The van der Waals surface area contributed by atoms with E-state index in [4.69, 9.17) is 0 Å². The number of ketones is 1. The van der Waals surface area contributed by atoms with Gasteiger partial charge in [-0.05, 0) is 51.1 Å². The zero-order valence-corrected chi connectivity index (χ0v) is 15.8. The molecule has 1 atom stereocenters. The summed E-state index contributed by atoms with van der Waals surface area (Å²) in [6.07, 6.45) is 2.08. The standard InChI is InChI=1S/C15H21NO.C5H10O2/c1-15(2,3)12-8-6-11(7-9-12)14(17)13-5-4-10-16-13;1-5(2,3)7-4-6/h6-9,13,16H,4-5,10H2,1-3H3;4H,1-3H3/t13-;/m1./s1. The molecule has 1 N–H and O–H groups in total. The molecule has 2 rings (SSSR count). The van der Waals surface area contributed by atoms with Crippen molar-refractivity contribution in [3.63, 3.8) is 0 Å². The van der Waals surface area contributed by atoms with Crippen LogP contribution in [-0.2, 0) is 14.9 Å².